The standard InChI is InChI=1S/C23H29N5OS/c1-13(2)18-19-17(11-29-4)21(15-5-7-24-8-6-15)30-23(19)27-20(18)16-9-14(3)22-25-12-26-28(22)10-16/h9-10,12-13,15,24,27H,5-8,11H2,1-4H3. The van der Waals surface area contributed by atoms with E-state index in [0.717, 1.165) is 29.9 Å². The number of hydrogen-bond donors (Lipinski definition) is 2. The number of methoxy groups -OCH3 is 1. The fourth-order valence-electron chi connectivity index (χ4n) is 4.90. The molecule has 1 aliphatic rings. The SMILES string of the molecule is COCc1c(C2CCNCC2)sc2[nH]c(-c3cc(C)c4ncnn4c3)c(C(C)C)c12. The van der Waals surface area contributed by atoms with Crippen LogP contribution in [0.15, 0.2) is 18.6 Å². The first-order valence-corrected chi connectivity index (χ1v) is 11.6. The number of fused-ring (bicyclic) bond motifs is 2. The number of ether oxygens (including phenoxy) is 1. The van der Waals surface area contributed by atoms with Gasteiger partial charge in [0.1, 0.15) is 11.2 Å². The Balaban J connectivity index is 1.72. The maximum absolute atomic E-state index is 5.70. The molecule has 4 aromatic heterocycles. The molecule has 0 unspecified atom stereocenters. The average molecular weight is 424 g/mol. The fraction of sp³-hybridized carbons (Fsp3) is 0.478. The van der Waals surface area contributed by atoms with Crippen LogP contribution in [0.1, 0.15) is 60.1 Å². The third-order valence-electron chi connectivity index (χ3n) is 6.24. The van der Waals surface area contributed by atoms with Gasteiger partial charge in [0.15, 0.2) is 5.65 Å². The molecule has 0 atom stereocenters. The van der Waals surface area contributed by atoms with Crippen LogP contribution in [0.4, 0.5) is 0 Å². The summed E-state index contributed by atoms with van der Waals surface area (Å²) in [6, 6.07) is 2.22. The van der Waals surface area contributed by atoms with Crippen molar-refractivity contribution < 1.29 is 4.74 Å². The van der Waals surface area contributed by atoms with Gasteiger partial charge < -0.3 is 15.0 Å². The monoisotopic (exact) mass is 423 g/mol. The third-order valence-corrected chi connectivity index (χ3v) is 7.55. The van der Waals surface area contributed by atoms with Crippen LogP contribution in [0.3, 0.4) is 0 Å². The molecule has 0 aliphatic carbocycles. The van der Waals surface area contributed by atoms with E-state index in [9.17, 15) is 0 Å². The molecule has 1 fully saturated rings. The van der Waals surface area contributed by atoms with E-state index in [1.807, 2.05) is 15.9 Å². The van der Waals surface area contributed by atoms with Gasteiger partial charge in [-0.15, -0.1) is 11.3 Å². The molecule has 1 aliphatic heterocycles. The molecule has 5 rings (SSSR count). The van der Waals surface area contributed by atoms with Crippen molar-refractivity contribution in [2.45, 2.75) is 52.1 Å². The molecule has 0 radical (unpaired) electrons. The Labute approximate surface area is 180 Å². The minimum absolute atomic E-state index is 0.395. The third kappa shape index (κ3) is 3.16. The van der Waals surface area contributed by atoms with E-state index in [4.69, 9.17) is 4.74 Å². The topological polar surface area (TPSA) is 67.2 Å². The number of nitrogens with one attached hydrogen (secondary N) is 2. The van der Waals surface area contributed by atoms with Gasteiger partial charge in [0.05, 0.1) is 12.3 Å². The normalized spacial score (nSPS) is 15.8. The van der Waals surface area contributed by atoms with Crippen LogP contribution in [0.2, 0.25) is 0 Å². The summed E-state index contributed by atoms with van der Waals surface area (Å²) in [4.78, 5) is 10.9. The van der Waals surface area contributed by atoms with Gasteiger partial charge in [-0.3, -0.25) is 0 Å². The van der Waals surface area contributed by atoms with E-state index in [-0.39, 0.29) is 0 Å². The molecule has 30 heavy (non-hydrogen) atoms. The Morgan fingerprint density at radius 3 is 2.83 bits per heavy atom. The van der Waals surface area contributed by atoms with Crippen molar-refractivity contribution in [1.82, 2.24) is 24.9 Å². The minimum atomic E-state index is 0.395. The van der Waals surface area contributed by atoms with Gasteiger partial charge >= 0.3 is 0 Å². The maximum atomic E-state index is 5.70. The van der Waals surface area contributed by atoms with Crippen LogP contribution in [0.25, 0.3) is 27.1 Å². The molecule has 158 valence electrons. The number of nitrogens with zero attached hydrogens (tertiary/aromatic N) is 3. The predicted octanol–water partition coefficient (Wildman–Crippen LogP) is 4.98. The fourth-order valence-corrected chi connectivity index (χ4v) is 6.29. The smallest absolute Gasteiger partial charge is 0.158 e. The zero-order chi connectivity index (χ0) is 20.8. The van der Waals surface area contributed by atoms with Crippen molar-refractivity contribution in [3.8, 4) is 11.3 Å². The van der Waals surface area contributed by atoms with Gasteiger partial charge in [-0.2, -0.15) is 5.10 Å². The second-order valence-corrected chi connectivity index (χ2v) is 9.67. The lowest BCUT2D eigenvalue weighted by Crippen LogP contribution is -2.26. The summed E-state index contributed by atoms with van der Waals surface area (Å²) < 4.78 is 7.57. The van der Waals surface area contributed by atoms with Crippen molar-refractivity contribution in [2.75, 3.05) is 20.2 Å². The maximum Gasteiger partial charge on any atom is 0.158 e. The molecule has 5 heterocycles. The molecule has 2 N–H and O–H groups in total. The van der Waals surface area contributed by atoms with Gasteiger partial charge in [0, 0.05) is 34.7 Å². The summed E-state index contributed by atoms with van der Waals surface area (Å²) in [7, 11) is 1.81. The molecule has 0 aromatic carbocycles. The average Bonchev–Trinajstić information content (AvgIpc) is 3.43. The molecule has 0 spiro atoms. The second-order valence-electron chi connectivity index (χ2n) is 8.61. The summed E-state index contributed by atoms with van der Waals surface area (Å²) >= 11 is 1.93. The summed E-state index contributed by atoms with van der Waals surface area (Å²) in [5, 5.41) is 9.24. The number of pyridine rings is 1. The lowest BCUT2D eigenvalue weighted by atomic mass is 9.90. The molecule has 7 heteroatoms. The highest BCUT2D eigenvalue weighted by molar-refractivity contribution is 7.19. The summed E-state index contributed by atoms with van der Waals surface area (Å²) in [5.41, 5.74) is 7.16. The van der Waals surface area contributed by atoms with Crippen molar-refractivity contribution >= 4 is 27.2 Å². The number of aryl methyl sites for hydroxylation is 1. The highest BCUT2D eigenvalue weighted by Crippen LogP contribution is 2.46. The van der Waals surface area contributed by atoms with Crippen LogP contribution in [0.5, 0.6) is 0 Å². The Hall–Kier alpha value is -2.22. The van der Waals surface area contributed by atoms with Gasteiger partial charge in [0.25, 0.3) is 0 Å². The molecule has 0 saturated carbocycles. The van der Waals surface area contributed by atoms with Gasteiger partial charge in [-0.1, -0.05) is 13.8 Å². The highest BCUT2D eigenvalue weighted by Gasteiger charge is 2.27. The van der Waals surface area contributed by atoms with E-state index in [2.05, 4.69) is 53.4 Å². The summed E-state index contributed by atoms with van der Waals surface area (Å²) in [5.74, 6) is 1.02. The quantitative estimate of drug-likeness (QED) is 0.475. The van der Waals surface area contributed by atoms with Crippen LogP contribution >= 0.6 is 11.3 Å². The number of rotatable bonds is 5. The molecule has 0 bridgehead atoms. The van der Waals surface area contributed by atoms with Crippen LogP contribution < -0.4 is 5.32 Å². The van der Waals surface area contributed by atoms with Gasteiger partial charge in [-0.25, -0.2) is 9.50 Å². The molecule has 4 aromatic rings. The van der Waals surface area contributed by atoms with E-state index >= 15 is 0 Å². The Bertz CT molecular complexity index is 1200. The van der Waals surface area contributed by atoms with Crippen molar-refractivity contribution in [1.29, 1.82) is 0 Å². The molecule has 1 saturated heterocycles. The first-order valence-electron chi connectivity index (χ1n) is 10.8. The molecular weight excluding hydrogens is 394 g/mol. The number of H-pyrrole nitrogens is 1. The lowest BCUT2D eigenvalue weighted by Gasteiger charge is -2.23. The first-order chi connectivity index (χ1) is 14.6. The van der Waals surface area contributed by atoms with E-state index in [1.165, 1.54) is 44.8 Å². The predicted molar refractivity (Wildman–Crippen MR) is 123 cm³/mol. The molecular formula is C23H29N5OS. The van der Waals surface area contributed by atoms with E-state index in [0.29, 0.717) is 18.4 Å². The number of aromatic nitrogens is 4. The van der Waals surface area contributed by atoms with Gasteiger partial charge in [0.2, 0.25) is 0 Å². The highest BCUT2D eigenvalue weighted by atomic mass is 32.1. The molecule has 0 amide bonds. The summed E-state index contributed by atoms with van der Waals surface area (Å²) in [6.45, 7) is 9.53. The van der Waals surface area contributed by atoms with Crippen LogP contribution in [0, 0.1) is 6.92 Å². The Morgan fingerprint density at radius 2 is 2.10 bits per heavy atom. The number of piperidine rings is 1. The number of thiophene rings is 1. The summed E-state index contributed by atoms with van der Waals surface area (Å²) in [6.07, 6.45) is 6.10. The van der Waals surface area contributed by atoms with E-state index < -0.39 is 0 Å². The van der Waals surface area contributed by atoms with Gasteiger partial charge in [-0.05, 0) is 61.9 Å². The number of hydrogen-bond acceptors (Lipinski definition) is 5. The Kier molecular flexibility index (Phi) is 5.13. The zero-order valence-electron chi connectivity index (χ0n) is 18.1. The van der Waals surface area contributed by atoms with Crippen LogP contribution in [-0.4, -0.2) is 39.8 Å². The first kappa shape index (κ1) is 19.7. The van der Waals surface area contributed by atoms with Crippen LogP contribution in [-0.2, 0) is 11.3 Å². The number of aromatic amines is 1. The van der Waals surface area contributed by atoms with E-state index in [1.54, 1.807) is 13.4 Å². The lowest BCUT2D eigenvalue weighted by molar-refractivity contribution is 0.185. The van der Waals surface area contributed by atoms with Crippen molar-refractivity contribution in [3.05, 3.63) is 40.2 Å². The Morgan fingerprint density at radius 1 is 1.30 bits per heavy atom. The molecule has 6 nitrogen and oxygen atoms in total. The van der Waals surface area contributed by atoms with Crippen molar-refractivity contribution in [3.63, 3.8) is 0 Å². The van der Waals surface area contributed by atoms with Crippen molar-refractivity contribution in [2.24, 2.45) is 0 Å². The second kappa shape index (κ2) is 7.80. The zero-order valence-corrected chi connectivity index (χ0v) is 18.9. The minimum Gasteiger partial charge on any atom is -0.380 e. The largest absolute Gasteiger partial charge is 0.380 e.